The molecule has 0 spiro atoms. The van der Waals surface area contributed by atoms with E-state index in [1.165, 1.54) is 12.3 Å². The first-order chi connectivity index (χ1) is 11.2. The molecule has 23 heavy (non-hydrogen) atoms. The van der Waals surface area contributed by atoms with Crippen molar-refractivity contribution >= 4 is 34.0 Å². The van der Waals surface area contributed by atoms with Crippen LogP contribution >= 0.6 is 22.9 Å². The number of carbonyl (C=O) groups excluding carboxylic acids is 1. The van der Waals surface area contributed by atoms with Crippen molar-refractivity contribution in [1.29, 1.82) is 5.26 Å². The number of nitriles is 1. The lowest BCUT2D eigenvalue weighted by Gasteiger charge is -2.01. The highest BCUT2D eigenvalue weighted by molar-refractivity contribution is 7.16. The SMILES string of the molecule is N#Cc1sc(NC(=O)c2ccc(Cl)nc2)nc1-c1ccccc1. The van der Waals surface area contributed by atoms with Crippen LogP contribution in [0.5, 0.6) is 0 Å². The van der Waals surface area contributed by atoms with Gasteiger partial charge in [0.1, 0.15) is 21.8 Å². The average molecular weight is 341 g/mol. The number of nitrogens with one attached hydrogen (secondary N) is 1. The molecule has 5 nitrogen and oxygen atoms in total. The Kier molecular flexibility index (Phi) is 4.33. The van der Waals surface area contributed by atoms with E-state index in [0.717, 1.165) is 16.9 Å². The molecule has 0 radical (unpaired) electrons. The number of benzene rings is 1. The quantitative estimate of drug-likeness (QED) is 0.731. The van der Waals surface area contributed by atoms with Crippen LogP contribution in [0.1, 0.15) is 15.2 Å². The Balaban J connectivity index is 1.87. The summed E-state index contributed by atoms with van der Waals surface area (Å²) in [6, 6.07) is 14.6. The van der Waals surface area contributed by atoms with E-state index < -0.39 is 0 Å². The molecule has 0 saturated carbocycles. The Morgan fingerprint density at radius 2 is 2.00 bits per heavy atom. The van der Waals surface area contributed by atoms with Crippen LogP contribution in [0.4, 0.5) is 5.13 Å². The number of rotatable bonds is 3. The zero-order valence-corrected chi connectivity index (χ0v) is 13.2. The van der Waals surface area contributed by atoms with Gasteiger partial charge in [-0.15, -0.1) is 0 Å². The zero-order valence-electron chi connectivity index (χ0n) is 11.7. The van der Waals surface area contributed by atoms with Gasteiger partial charge < -0.3 is 0 Å². The molecule has 0 aliphatic carbocycles. The van der Waals surface area contributed by atoms with E-state index in [2.05, 4.69) is 21.4 Å². The summed E-state index contributed by atoms with van der Waals surface area (Å²) in [5.74, 6) is -0.355. The van der Waals surface area contributed by atoms with Crippen molar-refractivity contribution < 1.29 is 4.79 Å². The van der Waals surface area contributed by atoms with Crippen LogP contribution in [-0.2, 0) is 0 Å². The molecule has 7 heteroatoms. The van der Waals surface area contributed by atoms with Crippen molar-refractivity contribution in [2.75, 3.05) is 5.32 Å². The smallest absolute Gasteiger partial charge is 0.259 e. The number of nitrogens with zero attached hydrogens (tertiary/aromatic N) is 3. The number of hydrogen-bond donors (Lipinski definition) is 1. The summed E-state index contributed by atoms with van der Waals surface area (Å²) < 4.78 is 0. The van der Waals surface area contributed by atoms with E-state index in [-0.39, 0.29) is 5.91 Å². The van der Waals surface area contributed by atoms with Crippen LogP contribution in [-0.4, -0.2) is 15.9 Å². The first-order valence-electron chi connectivity index (χ1n) is 6.56. The van der Waals surface area contributed by atoms with E-state index in [0.29, 0.717) is 26.4 Å². The molecular weight excluding hydrogens is 332 g/mol. The van der Waals surface area contributed by atoms with Crippen molar-refractivity contribution in [3.05, 3.63) is 64.3 Å². The van der Waals surface area contributed by atoms with Crippen molar-refractivity contribution in [3.63, 3.8) is 0 Å². The van der Waals surface area contributed by atoms with Crippen molar-refractivity contribution in [1.82, 2.24) is 9.97 Å². The third-order valence-electron chi connectivity index (χ3n) is 2.99. The maximum atomic E-state index is 12.2. The third kappa shape index (κ3) is 3.37. The first-order valence-corrected chi connectivity index (χ1v) is 7.76. The summed E-state index contributed by atoms with van der Waals surface area (Å²) >= 11 is 6.83. The molecule has 1 amide bonds. The number of anilines is 1. The highest BCUT2D eigenvalue weighted by Gasteiger charge is 2.15. The Hall–Kier alpha value is -2.75. The van der Waals surface area contributed by atoms with Crippen LogP contribution in [0.25, 0.3) is 11.3 Å². The van der Waals surface area contributed by atoms with Crippen LogP contribution in [0, 0.1) is 11.3 Å². The minimum absolute atomic E-state index is 0.314. The number of carbonyl (C=O) groups is 1. The van der Waals surface area contributed by atoms with E-state index in [1.54, 1.807) is 6.07 Å². The van der Waals surface area contributed by atoms with E-state index in [9.17, 15) is 10.1 Å². The van der Waals surface area contributed by atoms with Crippen molar-refractivity contribution in [3.8, 4) is 17.3 Å². The fourth-order valence-electron chi connectivity index (χ4n) is 1.92. The largest absolute Gasteiger partial charge is 0.298 e. The lowest BCUT2D eigenvalue weighted by atomic mass is 10.1. The van der Waals surface area contributed by atoms with Gasteiger partial charge in [0.05, 0.1) is 5.56 Å². The lowest BCUT2D eigenvalue weighted by molar-refractivity contribution is 0.102. The second kappa shape index (κ2) is 6.57. The molecule has 1 aromatic carbocycles. The van der Waals surface area contributed by atoms with Gasteiger partial charge >= 0.3 is 0 Å². The van der Waals surface area contributed by atoms with Crippen LogP contribution in [0.2, 0.25) is 5.15 Å². The van der Waals surface area contributed by atoms with Gasteiger partial charge in [0.15, 0.2) is 5.13 Å². The number of halogens is 1. The summed E-state index contributed by atoms with van der Waals surface area (Å²) in [5.41, 5.74) is 1.75. The van der Waals surface area contributed by atoms with E-state index in [4.69, 9.17) is 11.6 Å². The summed E-state index contributed by atoms with van der Waals surface area (Å²) in [5, 5.41) is 12.6. The van der Waals surface area contributed by atoms with Crippen LogP contribution < -0.4 is 5.32 Å². The molecule has 0 fully saturated rings. The Morgan fingerprint density at radius 1 is 1.22 bits per heavy atom. The molecule has 3 rings (SSSR count). The summed E-state index contributed by atoms with van der Waals surface area (Å²) in [6.07, 6.45) is 1.38. The van der Waals surface area contributed by atoms with Gasteiger partial charge in [0.2, 0.25) is 0 Å². The summed E-state index contributed by atoms with van der Waals surface area (Å²) in [6.45, 7) is 0. The molecule has 0 aliphatic rings. The number of hydrogen-bond acceptors (Lipinski definition) is 5. The highest BCUT2D eigenvalue weighted by atomic mass is 35.5. The number of amides is 1. The minimum Gasteiger partial charge on any atom is -0.298 e. The topological polar surface area (TPSA) is 78.7 Å². The highest BCUT2D eigenvalue weighted by Crippen LogP contribution is 2.30. The molecule has 0 aliphatic heterocycles. The number of thiazole rings is 1. The van der Waals surface area contributed by atoms with Crippen LogP contribution in [0.15, 0.2) is 48.7 Å². The second-order valence-corrected chi connectivity index (χ2v) is 5.88. The van der Waals surface area contributed by atoms with Crippen LogP contribution in [0.3, 0.4) is 0 Å². The van der Waals surface area contributed by atoms with Gasteiger partial charge in [-0.3, -0.25) is 10.1 Å². The molecule has 0 atom stereocenters. The Bertz CT molecular complexity index is 885. The molecule has 0 saturated heterocycles. The van der Waals surface area contributed by atoms with Gasteiger partial charge in [-0.2, -0.15) is 5.26 Å². The first kappa shape index (κ1) is 15.2. The van der Waals surface area contributed by atoms with Gasteiger partial charge in [-0.1, -0.05) is 53.3 Å². The molecule has 0 unspecified atom stereocenters. The molecule has 2 heterocycles. The standard InChI is InChI=1S/C16H9ClN4OS/c17-13-7-6-11(9-19-13)15(22)21-16-20-14(12(8-18)23-16)10-4-2-1-3-5-10/h1-7,9H,(H,20,21,22). The summed E-state index contributed by atoms with van der Waals surface area (Å²) in [4.78, 5) is 20.8. The number of aromatic nitrogens is 2. The maximum Gasteiger partial charge on any atom is 0.259 e. The fourth-order valence-corrected chi connectivity index (χ4v) is 2.81. The third-order valence-corrected chi connectivity index (χ3v) is 4.09. The predicted octanol–water partition coefficient (Wildman–Crippen LogP) is 3.98. The van der Waals surface area contributed by atoms with Crippen molar-refractivity contribution in [2.45, 2.75) is 0 Å². The Labute approximate surface area is 141 Å². The number of pyridine rings is 1. The lowest BCUT2D eigenvalue weighted by Crippen LogP contribution is -2.11. The van der Waals surface area contributed by atoms with Gasteiger partial charge in [0, 0.05) is 11.8 Å². The summed E-state index contributed by atoms with van der Waals surface area (Å²) in [7, 11) is 0. The fraction of sp³-hybridized carbons (Fsp3) is 0. The second-order valence-electron chi connectivity index (χ2n) is 4.50. The molecule has 2 aromatic heterocycles. The van der Waals surface area contributed by atoms with Gasteiger partial charge in [-0.05, 0) is 12.1 Å². The van der Waals surface area contributed by atoms with E-state index >= 15 is 0 Å². The Morgan fingerprint density at radius 3 is 2.65 bits per heavy atom. The van der Waals surface area contributed by atoms with Crippen molar-refractivity contribution in [2.24, 2.45) is 0 Å². The average Bonchev–Trinajstić information content (AvgIpc) is 2.99. The molecule has 112 valence electrons. The predicted molar refractivity (Wildman–Crippen MR) is 89.5 cm³/mol. The van der Waals surface area contributed by atoms with Gasteiger partial charge in [0.25, 0.3) is 5.91 Å². The molecule has 3 aromatic rings. The van der Waals surface area contributed by atoms with E-state index in [1.807, 2.05) is 30.3 Å². The molecular formula is C16H9ClN4OS. The molecule has 1 N–H and O–H groups in total. The minimum atomic E-state index is -0.355. The monoisotopic (exact) mass is 340 g/mol. The normalized spacial score (nSPS) is 10.1. The molecule has 0 bridgehead atoms. The van der Waals surface area contributed by atoms with Gasteiger partial charge in [-0.25, -0.2) is 9.97 Å². The maximum absolute atomic E-state index is 12.2. The zero-order chi connectivity index (χ0) is 16.2.